The Labute approximate surface area is 133 Å². The van der Waals surface area contributed by atoms with Crippen molar-refractivity contribution in [1.82, 2.24) is 0 Å². The summed E-state index contributed by atoms with van der Waals surface area (Å²) in [7, 11) is 0. The van der Waals surface area contributed by atoms with E-state index in [4.69, 9.17) is 9.47 Å². The summed E-state index contributed by atoms with van der Waals surface area (Å²) in [4.78, 5) is 48.8. The first-order valence-corrected chi connectivity index (χ1v) is 7.22. The standard InChI is InChI=1S/C16H17NO6/c1-4-22-16(21)10(3)23-15(20)9(2)17-12-8-6-5-7-11(12)13(18)14(17)19/h5-10H,4H2,1-3H3. The topological polar surface area (TPSA) is 90.0 Å². The third-order valence-electron chi connectivity index (χ3n) is 3.46. The smallest absolute Gasteiger partial charge is 0.347 e. The molecule has 1 aliphatic rings. The average molecular weight is 319 g/mol. The fourth-order valence-corrected chi connectivity index (χ4v) is 2.28. The molecule has 2 rings (SSSR count). The second kappa shape index (κ2) is 6.60. The van der Waals surface area contributed by atoms with Crippen LogP contribution in [0.15, 0.2) is 24.3 Å². The molecular formula is C16H17NO6. The Kier molecular flexibility index (Phi) is 4.78. The first-order chi connectivity index (χ1) is 10.9. The molecule has 0 aliphatic carbocycles. The lowest BCUT2D eigenvalue weighted by Crippen LogP contribution is -2.45. The molecule has 0 aromatic heterocycles. The number of fused-ring (bicyclic) bond motifs is 1. The van der Waals surface area contributed by atoms with Crippen LogP contribution in [0.1, 0.15) is 31.1 Å². The number of esters is 2. The normalized spacial score (nSPS) is 15.9. The van der Waals surface area contributed by atoms with Crippen LogP contribution in [0.4, 0.5) is 5.69 Å². The summed E-state index contributed by atoms with van der Waals surface area (Å²) in [5.41, 5.74) is 0.603. The second-order valence-corrected chi connectivity index (χ2v) is 5.03. The summed E-state index contributed by atoms with van der Waals surface area (Å²) >= 11 is 0. The summed E-state index contributed by atoms with van der Waals surface area (Å²) in [6, 6.07) is 5.37. The molecule has 0 saturated heterocycles. The van der Waals surface area contributed by atoms with Crippen molar-refractivity contribution in [3.8, 4) is 0 Å². The van der Waals surface area contributed by atoms with E-state index in [-0.39, 0.29) is 12.2 Å². The lowest BCUT2D eigenvalue weighted by Gasteiger charge is -2.24. The van der Waals surface area contributed by atoms with Gasteiger partial charge in [-0.3, -0.25) is 14.5 Å². The van der Waals surface area contributed by atoms with E-state index in [2.05, 4.69) is 0 Å². The molecule has 1 amide bonds. The number of ether oxygens (including phenoxy) is 2. The molecule has 1 aliphatic heterocycles. The Balaban J connectivity index is 2.16. The van der Waals surface area contributed by atoms with Crippen molar-refractivity contribution >= 4 is 29.3 Å². The van der Waals surface area contributed by atoms with Gasteiger partial charge in [0.25, 0.3) is 11.7 Å². The van der Waals surface area contributed by atoms with Gasteiger partial charge in [-0.25, -0.2) is 9.59 Å². The van der Waals surface area contributed by atoms with Crippen molar-refractivity contribution in [3.63, 3.8) is 0 Å². The zero-order valence-electron chi connectivity index (χ0n) is 13.1. The quantitative estimate of drug-likeness (QED) is 0.596. The van der Waals surface area contributed by atoms with Gasteiger partial charge >= 0.3 is 11.9 Å². The predicted molar refractivity (Wildman–Crippen MR) is 79.9 cm³/mol. The van der Waals surface area contributed by atoms with Gasteiger partial charge in [-0.1, -0.05) is 12.1 Å². The molecule has 0 saturated carbocycles. The van der Waals surface area contributed by atoms with Crippen molar-refractivity contribution in [3.05, 3.63) is 29.8 Å². The van der Waals surface area contributed by atoms with Gasteiger partial charge in [0.2, 0.25) is 0 Å². The van der Waals surface area contributed by atoms with Gasteiger partial charge in [-0.15, -0.1) is 0 Å². The van der Waals surface area contributed by atoms with E-state index >= 15 is 0 Å². The largest absolute Gasteiger partial charge is 0.463 e. The number of hydrogen-bond acceptors (Lipinski definition) is 6. The van der Waals surface area contributed by atoms with Gasteiger partial charge < -0.3 is 9.47 Å². The Morgan fingerprint density at radius 2 is 1.78 bits per heavy atom. The molecule has 0 radical (unpaired) electrons. The van der Waals surface area contributed by atoms with Crippen molar-refractivity contribution in [2.45, 2.75) is 32.9 Å². The molecule has 1 heterocycles. The van der Waals surface area contributed by atoms with Gasteiger partial charge in [0, 0.05) is 0 Å². The molecule has 7 nitrogen and oxygen atoms in total. The number of hydrogen-bond donors (Lipinski definition) is 0. The van der Waals surface area contributed by atoms with Crippen molar-refractivity contribution < 1.29 is 28.7 Å². The first kappa shape index (κ1) is 16.7. The molecule has 2 unspecified atom stereocenters. The Morgan fingerprint density at radius 3 is 2.43 bits per heavy atom. The zero-order chi connectivity index (χ0) is 17.1. The lowest BCUT2D eigenvalue weighted by molar-refractivity contribution is -0.167. The van der Waals surface area contributed by atoms with Crippen LogP contribution in [-0.4, -0.2) is 42.4 Å². The number of ketones is 1. The molecule has 2 atom stereocenters. The van der Waals surface area contributed by atoms with Gasteiger partial charge in [0.05, 0.1) is 17.9 Å². The molecule has 122 valence electrons. The highest BCUT2D eigenvalue weighted by Crippen LogP contribution is 2.30. The van der Waals surface area contributed by atoms with Gasteiger partial charge in [-0.2, -0.15) is 0 Å². The summed E-state index contributed by atoms with van der Waals surface area (Å²) in [6.07, 6.45) is -1.09. The lowest BCUT2D eigenvalue weighted by atomic mass is 10.1. The molecule has 23 heavy (non-hydrogen) atoms. The number of benzene rings is 1. The number of amides is 1. The number of nitrogens with zero attached hydrogens (tertiary/aromatic N) is 1. The van der Waals surface area contributed by atoms with Crippen LogP contribution in [0.3, 0.4) is 0 Å². The maximum Gasteiger partial charge on any atom is 0.347 e. The number of rotatable bonds is 5. The van der Waals surface area contributed by atoms with E-state index in [0.717, 1.165) is 4.90 Å². The van der Waals surface area contributed by atoms with Crippen LogP contribution in [-0.2, 0) is 23.9 Å². The monoisotopic (exact) mass is 319 g/mol. The van der Waals surface area contributed by atoms with Crippen LogP contribution < -0.4 is 4.90 Å². The molecule has 1 aromatic rings. The fraction of sp³-hybridized carbons (Fsp3) is 0.375. The van der Waals surface area contributed by atoms with Crippen LogP contribution in [0.5, 0.6) is 0 Å². The van der Waals surface area contributed by atoms with Crippen molar-refractivity contribution in [2.75, 3.05) is 11.5 Å². The number of carbonyl (C=O) groups is 4. The molecule has 0 fully saturated rings. The molecule has 1 aromatic carbocycles. The Bertz CT molecular complexity index is 668. The average Bonchev–Trinajstić information content (AvgIpc) is 2.78. The SMILES string of the molecule is CCOC(=O)C(C)OC(=O)C(C)N1C(=O)C(=O)c2ccccc21. The Morgan fingerprint density at radius 1 is 1.13 bits per heavy atom. The molecule has 0 spiro atoms. The highest BCUT2D eigenvalue weighted by molar-refractivity contribution is 6.52. The third-order valence-corrected chi connectivity index (χ3v) is 3.46. The minimum Gasteiger partial charge on any atom is -0.463 e. The van der Waals surface area contributed by atoms with Crippen LogP contribution in [0.25, 0.3) is 0 Å². The van der Waals surface area contributed by atoms with Crippen LogP contribution >= 0.6 is 0 Å². The highest BCUT2D eigenvalue weighted by atomic mass is 16.6. The summed E-state index contributed by atoms with van der Waals surface area (Å²) in [5, 5.41) is 0. The number of para-hydroxylation sites is 1. The molecule has 0 N–H and O–H groups in total. The zero-order valence-corrected chi connectivity index (χ0v) is 13.1. The minimum absolute atomic E-state index is 0.169. The maximum absolute atomic E-state index is 12.2. The van der Waals surface area contributed by atoms with E-state index in [0.29, 0.717) is 5.69 Å². The van der Waals surface area contributed by atoms with E-state index in [1.54, 1.807) is 25.1 Å². The summed E-state index contributed by atoms with van der Waals surface area (Å²) in [6.45, 7) is 4.63. The minimum atomic E-state index is -1.09. The van der Waals surface area contributed by atoms with Crippen LogP contribution in [0, 0.1) is 0 Å². The number of anilines is 1. The summed E-state index contributed by atoms with van der Waals surface area (Å²) < 4.78 is 9.77. The van der Waals surface area contributed by atoms with Gasteiger partial charge in [-0.05, 0) is 32.9 Å². The summed E-state index contributed by atoms with van der Waals surface area (Å²) in [5.74, 6) is -2.92. The van der Waals surface area contributed by atoms with E-state index < -0.39 is 35.8 Å². The highest BCUT2D eigenvalue weighted by Gasteiger charge is 2.41. The van der Waals surface area contributed by atoms with E-state index in [1.807, 2.05) is 0 Å². The number of carbonyl (C=O) groups excluding carboxylic acids is 4. The number of Topliss-reactive ketones (excluding diaryl/α,β-unsaturated/α-hetero) is 1. The van der Waals surface area contributed by atoms with Crippen LogP contribution in [0.2, 0.25) is 0 Å². The predicted octanol–water partition coefficient (Wildman–Crippen LogP) is 1.10. The van der Waals surface area contributed by atoms with Crippen molar-refractivity contribution in [1.29, 1.82) is 0 Å². The van der Waals surface area contributed by atoms with E-state index in [1.165, 1.54) is 19.9 Å². The van der Waals surface area contributed by atoms with Crippen molar-refractivity contribution in [2.24, 2.45) is 0 Å². The third kappa shape index (κ3) is 3.08. The molecule has 0 bridgehead atoms. The Hall–Kier alpha value is -2.70. The molecular weight excluding hydrogens is 302 g/mol. The maximum atomic E-state index is 12.2. The van der Waals surface area contributed by atoms with Gasteiger partial charge in [0.15, 0.2) is 6.10 Å². The fourth-order valence-electron chi connectivity index (χ4n) is 2.28. The second-order valence-electron chi connectivity index (χ2n) is 5.03. The van der Waals surface area contributed by atoms with Gasteiger partial charge in [0.1, 0.15) is 6.04 Å². The molecule has 7 heteroatoms. The first-order valence-electron chi connectivity index (χ1n) is 7.22. The van der Waals surface area contributed by atoms with E-state index in [9.17, 15) is 19.2 Å².